The van der Waals surface area contributed by atoms with Crippen molar-refractivity contribution < 1.29 is 9.59 Å². The van der Waals surface area contributed by atoms with Crippen LogP contribution in [0, 0.1) is 6.92 Å². The van der Waals surface area contributed by atoms with Crippen molar-refractivity contribution in [1.82, 2.24) is 25.0 Å². The van der Waals surface area contributed by atoms with Crippen molar-refractivity contribution in [1.29, 1.82) is 0 Å². The van der Waals surface area contributed by atoms with E-state index in [4.69, 9.17) is 11.6 Å². The van der Waals surface area contributed by atoms with Crippen molar-refractivity contribution in [3.8, 4) is 0 Å². The van der Waals surface area contributed by atoms with Gasteiger partial charge in [-0.2, -0.15) is 5.10 Å². The van der Waals surface area contributed by atoms with Crippen LogP contribution < -0.4 is 0 Å². The van der Waals surface area contributed by atoms with E-state index in [9.17, 15) is 9.59 Å². The van der Waals surface area contributed by atoms with Crippen LogP contribution in [0.1, 0.15) is 26.7 Å². The molecule has 0 aliphatic carbocycles. The number of H-pyrrole nitrogens is 2. The van der Waals surface area contributed by atoms with Crippen LogP contribution in [0.4, 0.5) is 0 Å². The zero-order valence-electron chi connectivity index (χ0n) is 12.1. The minimum absolute atomic E-state index is 0.0502. The van der Waals surface area contributed by atoms with Crippen LogP contribution in [0.15, 0.2) is 18.3 Å². The Morgan fingerprint density at radius 2 is 1.82 bits per heavy atom. The van der Waals surface area contributed by atoms with Crippen molar-refractivity contribution in [2.45, 2.75) is 6.92 Å². The number of carbonyl (C=O) groups is 2. The largest absolute Gasteiger partial charge is 0.357 e. The van der Waals surface area contributed by atoms with Gasteiger partial charge in [0.05, 0.1) is 10.7 Å². The van der Waals surface area contributed by atoms with E-state index in [0.717, 1.165) is 0 Å². The number of nitrogens with one attached hydrogen (secondary N) is 2. The first-order chi connectivity index (χ1) is 10.6. The molecule has 1 aliphatic rings. The number of halogens is 1. The Morgan fingerprint density at radius 1 is 1.18 bits per heavy atom. The normalized spacial score (nSPS) is 15.2. The summed E-state index contributed by atoms with van der Waals surface area (Å²) in [6.07, 6.45) is 1.72. The van der Waals surface area contributed by atoms with Gasteiger partial charge in [-0.15, -0.1) is 0 Å². The maximum Gasteiger partial charge on any atom is 0.276 e. The molecule has 0 atom stereocenters. The fourth-order valence-electron chi connectivity index (χ4n) is 2.45. The van der Waals surface area contributed by atoms with Crippen molar-refractivity contribution in [3.05, 3.63) is 40.4 Å². The van der Waals surface area contributed by atoms with Gasteiger partial charge in [-0.1, -0.05) is 11.6 Å². The molecule has 0 radical (unpaired) electrons. The lowest BCUT2D eigenvalue weighted by Gasteiger charge is -2.34. The lowest BCUT2D eigenvalue weighted by atomic mass is 10.2. The maximum absolute atomic E-state index is 12.4. The van der Waals surface area contributed by atoms with Gasteiger partial charge in [0.25, 0.3) is 11.8 Å². The van der Waals surface area contributed by atoms with Gasteiger partial charge < -0.3 is 14.8 Å². The number of hydrogen-bond donors (Lipinski definition) is 2. The second-order valence-electron chi connectivity index (χ2n) is 5.18. The maximum atomic E-state index is 12.4. The molecule has 0 saturated carbocycles. The predicted molar refractivity (Wildman–Crippen MR) is 80.9 cm³/mol. The standard InChI is InChI=1S/C14H16ClN5O2/c1-9-11(15)12(18-17-9)14(22)20-7-5-19(6-8-20)13(21)10-3-2-4-16-10/h2-4,16H,5-8H2,1H3,(H,17,18). The minimum Gasteiger partial charge on any atom is -0.357 e. The summed E-state index contributed by atoms with van der Waals surface area (Å²) in [5, 5.41) is 7.01. The Bertz CT molecular complexity index is 686. The Balaban J connectivity index is 1.63. The summed E-state index contributed by atoms with van der Waals surface area (Å²) >= 11 is 6.06. The lowest BCUT2D eigenvalue weighted by Crippen LogP contribution is -2.50. The van der Waals surface area contributed by atoms with Gasteiger partial charge in [-0.25, -0.2) is 0 Å². The Kier molecular flexibility index (Phi) is 3.89. The molecule has 7 nitrogen and oxygen atoms in total. The Morgan fingerprint density at radius 3 is 2.32 bits per heavy atom. The molecule has 2 N–H and O–H groups in total. The molecule has 2 aromatic heterocycles. The number of hydrogen-bond acceptors (Lipinski definition) is 3. The van der Waals surface area contributed by atoms with E-state index < -0.39 is 0 Å². The number of aromatic nitrogens is 3. The van der Waals surface area contributed by atoms with E-state index in [2.05, 4.69) is 15.2 Å². The molecule has 3 rings (SSSR count). The molecule has 116 valence electrons. The number of aromatic amines is 2. The summed E-state index contributed by atoms with van der Waals surface area (Å²) in [5.41, 5.74) is 1.47. The average Bonchev–Trinajstić information content (AvgIpc) is 3.18. The van der Waals surface area contributed by atoms with Crippen molar-refractivity contribution in [3.63, 3.8) is 0 Å². The van der Waals surface area contributed by atoms with Gasteiger partial charge in [0.1, 0.15) is 5.69 Å². The quantitative estimate of drug-likeness (QED) is 0.874. The third-order valence-electron chi connectivity index (χ3n) is 3.76. The number of carbonyl (C=O) groups excluding carboxylic acids is 2. The van der Waals surface area contributed by atoms with E-state index in [1.807, 2.05) is 0 Å². The van der Waals surface area contributed by atoms with Gasteiger partial charge in [-0.3, -0.25) is 14.7 Å². The van der Waals surface area contributed by atoms with Crippen LogP contribution in [0.5, 0.6) is 0 Å². The van der Waals surface area contributed by atoms with Crippen molar-refractivity contribution in [2.75, 3.05) is 26.2 Å². The molecule has 2 aromatic rings. The van der Waals surface area contributed by atoms with E-state index in [1.54, 1.807) is 35.1 Å². The average molecular weight is 322 g/mol. The highest BCUT2D eigenvalue weighted by atomic mass is 35.5. The van der Waals surface area contributed by atoms with Crippen LogP contribution in [-0.2, 0) is 0 Å². The molecule has 2 amide bonds. The smallest absolute Gasteiger partial charge is 0.276 e. The molecule has 0 unspecified atom stereocenters. The minimum atomic E-state index is -0.207. The molecular formula is C14H16ClN5O2. The summed E-state index contributed by atoms with van der Waals surface area (Å²) in [7, 11) is 0. The molecule has 0 spiro atoms. The van der Waals surface area contributed by atoms with Crippen LogP contribution in [-0.4, -0.2) is 63.0 Å². The lowest BCUT2D eigenvalue weighted by molar-refractivity contribution is 0.0529. The summed E-state index contributed by atoms with van der Waals surface area (Å²) in [4.78, 5) is 30.9. The van der Waals surface area contributed by atoms with Gasteiger partial charge >= 0.3 is 0 Å². The Hall–Kier alpha value is -2.28. The van der Waals surface area contributed by atoms with E-state index in [1.165, 1.54) is 0 Å². The molecule has 0 aromatic carbocycles. The van der Waals surface area contributed by atoms with E-state index in [0.29, 0.717) is 42.6 Å². The SMILES string of the molecule is Cc1[nH]nc(C(=O)N2CCN(C(=O)c3ccc[nH]3)CC2)c1Cl. The number of amides is 2. The molecule has 1 fully saturated rings. The Labute approximate surface area is 132 Å². The molecule has 8 heteroatoms. The van der Waals surface area contributed by atoms with Gasteiger partial charge in [0, 0.05) is 32.4 Å². The third-order valence-corrected chi connectivity index (χ3v) is 4.22. The number of piperazine rings is 1. The fraction of sp³-hybridized carbons (Fsp3) is 0.357. The molecule has 3 heterocycles. The summed E-state index contributed by atoms with van der Waals surface area (Å²) < 4.78 is 0. The molecular weight excluding hydrogens is 306 g/mol. The first-order valence-corrected chi connectivity index (χ1v) is 7.38. The fourth-order valence-corrected chi connectivity index (χ4v) is 2.62. The van der Waals surface area contributed by atoms with Crippen LogP contribution in [0.3, 0.4) is 0 Å². The van der Waals surface area contributed by atoms with E-state index in [-0.39, 0.29) is 17.5 Å². The second kappa shape index (κ2) is 5.84. The number of nitrogens with zero attached hydrogens (tertiary/aromatic N) is 3. The monoisotopic (exact) mass is 321 g/mol. The van der Waals surface area contributed by atoms with Crippen LogP contribution in [0.25, 0.3) is 0 Å². The van der Waals surface area contributed by atoms with Crippen LogP contribution >= 0.6 is 11.6 Å². The van der Waals surface area contributed by atoms with Gasteiger partial charge in [0.15, 0.2) is 5.69 Å². The van der Waals surface area contributed by atoms with Crippen LogP contribution in [0.2, 0.25) is 5.02 Å². The zero-order chi connectivity index (χ0) is 15.7. The molecule has 1 saturated heterocycles. The second-order valence-corrected chi connectivity index (χ2v) is 5.56. The summed E-state index contributed by atoms with van der Waals surface area (Å²) in [5.74, 6) is -0.257. The number of rotatable bonds is 2. The predicted octanol–water partition coefficient (Wildman–Crippen LogP) is 1.30. The van der Waals surface area contributed by atoms with Crippen molar-refractivity contribution >= 4 is 23.4 Å². The topological polar surface area (TPSA) is 85.1 Å². The van der Waals surface area contributed by atoms with E-state index >= 15 is 0 Å². The highest BCUT2D eigenvalue weighted by Crippen LogP contribution is 2.19. The van der Waals surface area contributed by atoms with Gasteiger partial charge in [0.2, 0.25) is 0 Å². The zero-order valence-corrected chi connectivity index (χ0v) is 12.9. The van der Waals surface area contributed by atoms with Gasteiger partial charge in [-0.05, 0) is 19.1 Å². The first-order valence-electron chi connectivity index (χ1n) is 7.00. The molecule has 1 aliphatic heterocycles. The molecule has 0 bridgehead atoms. The summed E-state index contributed by atoms with van der Waals surface area (Å²) in [6, 6.07) is 3.53. The highest BCUT2D eigenvalue weighted by molar-refractivity contribution is 6.34. The third kappa shape index (κ3) is 2.59. The number of aryl methyl sites for hydroxylation is 1. The molecule has 22 heavy (non-hydrogen) atoms. The first kappa shape index (κ1) is 14.6. The van der Waals surface area contributed by atoms with Crippen molar-refractivity contribution in [2.24, 2.45) is 0 Å². The highest BCUT2D eigenvalue weighted by Gasteiger charge is 2.28. The summed E-state index contributed by atoms with van der Waals surface area (Å²) in [6.45, 7) is 3.68.